The Morgan fingerprint density at radius 2 is 1.91 bits per heavy atom. The molecule has 6 heteroatoms. The van der Waals surface area contributed by atoms with E-state index < -0.39 is 28.7 Å². The lowest BCUT2D eigenvalue weighted by molar-refractivity contribution is -0.253. The standard InChI is InChI=1S/C17H17NO5/c1-17(2)11-6-9(8-23-22)4-5-12(11)18(3)13(17)7-10-14(19)16(21)15(10)20/h4-7,10,22H,8H2,1-3H3. The van der Waals surface area contributed by atoms with Gasteiger partial charge in [0.15, 0.2) is 0 Å². The van der Waals surface area contributed by atoms with Crippen molar-refractivity contribution in [2.75, 3.05) is 11.9 Å². The number of hydrogen-bond donors (Lipinski definition) is 1. The number of carbonyl (C=O) groups is 3. The Morgan fingerprint density at radius 1 is 1.26 bits per heavy atom. The van der Waals surface area contributed by atoms with Crippen molar-refractivity contribution < 1.29 is 24.5 Å². The maximum Gasteiger partial charge on any atom is 0.266 e. The van der Waals surface area contributed by atoms with Crippen molar-refractivity contribution in [3.05, 3.63) is 41.1 Å². The average Bonchev–Trinajstić information content (AvgIpc) is 2.71. The lowest BCUT2D eigenvalue weighted by atomic mass is 9.76. The summed E-state index contributed by atoms with van der Waals surface area (Å²) in [5, 5.41) is 8.62. The zero-order valence-electron chi connectivity index (χ0n) is 13.1. The number of allylic oxidation sites excluding steroid dienone is 2. The first-order valence-electron chi connectivity index (χ1n) is 7.27. The van der Waals surface area contributed by atoms with Gasteiger partial charge in [-0.2, -0.15) is 0 Å². The zero-order chi connectivity index (χ0) is 16.9. The van der Waals surface area contributed by atoms with Gasteiger partial charge in [0.25, 0.3) is 5.78 Å². The van der Waals surface area contributed by atoms with Crippen LogP contribution in [0.3, 0.4) is 0 Å². The van der Waals surface area contributed by atoms with Crippen molar-refractivity contribution in [1.29, 1.82) is 0 Å². The predicted octanol–water partition coefficient (Wildman–Crippen LogP) is 1.62. The Hall–Kier alpha value is -2.31. The number of fused-ring (bicyclic) bond motifs is 1. The Labute approximate surface area is 133 Å². The van der Waals surface area contributed by atoms with Crippen LogP contribution in [0.2, 0.25) is 0 Å². The van der Waals surface area contributed by atoms with Crippen LogP contribution >= 0.6 is 0 Å². The SMILES string of the molecule is CN1C(=CC2C(=O)C(=O)C2=O)C(C)(C)c2cc(COO)ccc21. The molecule has 0 bridgehead atoms. The number of likely N-dealkylation sites (N-methyl/N-ethyl adjacent to an activating group) is 1. The summed E-state index contributed by atoms with van der Waals surface area (Å²) < 4.78 is 0. The van der Waals surface area contributed by atoms with Crippen LogP contribution in [0.5, 0.6) is 0 Å². The fourth-order valence-electron chi connectivity index (χ4n) is 3.30. The summed E-state index contributed by atoms with van der Waals surface area (Å²) >= 11 is 0. The van der Waals surface area contributed by atoms with Crippen molar-refractivity contribution in [2.24, 2.45) is 5.92 Å². The number of anilines is 1. The molecular weight excluding hydrogens is 298 g/mol. The molecule has 1 aliphatic heterocycles. The Bertz CT molecular complexity index is 744. The highest BCUT2D eigenvalue weighted by Crippen LogP contribution is 2.47. The third-order valence-electron chi connectivity index (χ3n) is 4.67. The van der Waals surface area contributed by atoms with E-state index in [2.05, 4.69) is 4.89 Å². The number of carbonyl (C=O) groups excluding carboxylic acids is 3. The molecule has 23 heavy (non-hydrogen) atoms. The van der Waals surface area contributed by atoms with Crippen molar-refractivity contribution in [3.8, 4) is 0 Å². The predicted molar refractivity (Wildman–Crippen MR) is 81.9 cm³/mol. The number of benzene rings is 1. The van der Waals surface area contributed by atoms with Gasteiger partial charge in [-0.1, -0.05) is 26.0 Å². The van der Waals surface area contributed by atoms with E-state index in [-0.39, 0.29) is 6.61 Å². The first-order chi connectivity index (χ1) is 10.8. The number of rotatable bonds is 3. The molecule has 0 aromatic heterocycles. The van der Waals surface area contributed by atoms with Crippen LogP contribution in [0.25, 0.3) is 0 Å². The molecule has 1 fully saturated rings. The van der Waals surface area contributed by atoms with Gasteiger partial charge in [0.1, 0.15) is 12.5 Å². The van der Waals surface area contributed by atoms with Crippen LogP contribution < -0.4 is 4.90 Å². The van der Waals surface area contributed by atoms with Crippen LogP contribution in [0.1, 0.15) is 25.0 Å². The summed E-state index contributed by atoms with van der Waals surface area (Å²) in [6.07, 6.45) is 1.59. The van der Waals surface area contributed by atoms with Crippen LogP contribution in [-0.4, -0.2) is 29.7 Å². The van der Waals surface area contributed by atoms with Gasteiger partial charge in [-0.3, -0.25) is 19.6 Å². The molecule has 6 nitrogen and oxygen atoms in total. The molecule has 0 atom stereocenters. The fraction of sp³-hybridized carbons (Fsp3) is 0.353. The number of nitrogens with zero attached hydrogens (tertiary/aromatic N) is 1. The highest BCUT2D eigenvalue weighted by atomic mass is 17.1. The van der Waals surface area contributed by atoms with E-state index >= 15 is 0 Å². The van der Waals surface area contributed by atoms with E-state index in [1.54, 1.807) is 6.08 Å². The second-order valence-electron chi connectivity index (χ2n) is 6.40. The third kappa shape index (κ3) is 2.14. The van der Waals surface area contributed by atoms with Crippen LogP contribution in [0, 0.1) is 5.92 Å². The summed E-state index contributed by atoms with van der Waals surface area (Å²) in [4.78, 5) is 40.5. The first kappa shape index (κ1) is 15.6. The topological polar surface area (TPSA) is 83.9 Å². The summed E-state index contributed by atoms with van der Waals surface area (Å²) in [6.45, 7) is 4.06. The maximum absolute atomic E-state index is 11.6. The van der Waals surface area contributed by atoms with Gasteiger partial charge in [-0.15, -0.1) is 0 Å². The lowest BCUT2D eigenvalue weighted by Crippen LogP contribution is -2.48. The Kier molecular flexibility index (Phi) is 3.46. The highest BCUT2D eigenvalue weighted by Gasteiger charge is 2.49. The van der Waals surface area contributed by atoms with E-state index in [9.17, 15) is 14.4 Å². The van der Waals surface area contributed by atoms with Gasteiger partial charge >= 0.3 is 0 Å². The molecule has 3 rings (SSSR count). The molecule has 120 valence electrons. The quantitative estimate of drug-likeness (QED) is 0.395. The minimum atomic E-state index is -0.964. The summed E-state index contributed by atoms with van der Waals surface area (Å²) in [7, 11) is 1.86. The highest BCUT2D eigenvalue weighted by molar-refractivity contribution is 6.77. The largest absolute Gasteiger partial charge is 0.347 e. The van der Waals surface area contributed by atoms with Gasteiger partial charge in [0.2, 0.25) is 11.6 Å². The van der Waals surface area contributed by atoms with Gasteiger partial charge in [-0.25, -0.2) is 4.89 Å². The third-order valence-corrected chi connectivity index (χ3v) is 4.67. The molecule has 1 heterocycles. The molecule has 0 spiro atoms. The second-order valence-corrected chi connectivity index (χ2v) is 6.40. The van der Waals surface area contributed by atoms with Gasteiger partial charge in [0, 0.05) is 23.8 Å². The molecule has 2 aliphatic rings. The maximum atomic E-state index is 11.6. The minimum absolute atomic E-state index is 0.0836. The monoisotopic (exact) mass is 315 g/mol. The molecule has 1 aromatic rings. The Morgan fingerprint density at radius 3 is 2.52 bits per heavy atom. The molecule has 0 radical (unpaired) electrons. The second kappa shape index (κ2) is 5.11. The molecule has 1 saturated carbocycles. The van der Waals surface area contributed by atoms with Gasteiger partial charge < -0.3 is 4.90 Å². The fourth-order valence-corrected chi connectivity index (χ4v) is 3.30. The lowest BCUT2D eigenvalue weighted by Gasteiger charge is -2.27. The molecule has 0 amide bonds. The van der Waals surface area contributed by atoms with E-state index in [1.165, 1.54) is 0 Å². The molecule has 0 unspecified atom stereocenters. The van der Waals surface area contributed by atoms with Gasteiger partial charge in [-0.05, 0) is 23.3 Å². The Balaban J connectivity index is 2.03. The summed E-state index contributed by atoms with van der Waals surface area (Å²) in [5.74, 6) is -3.16. The van der Waals surface area contributed by atoms with Crippen LogP contribution in [-0.2, 0) is 31.3 Å². The van der Waals surface area contributed by atoms with E-state index in [0.29, 0.717) is 0 Å². The van der Waals surface area contributed by atoms with E-state index in [0.717, 1.165) is 22.5 Å². The van der Waals surface area contributed by atoms with E-state index in [4.69, 9.17) is 5.26 Å². The average molecular weight is 315 g/mol. The van der Waals surface area contributed by atoms with Gasteiger partial charge in [0.05, 0.1) is 0 Å². The van der Waals surface area contributed by atoms with Crippen molar-refractivity contribution in [1.82, 2.24) is 0 Å². The van der Waals surface area contributed by atoms with Crippen molar-refractivity contribution >= 4 is 23.0 Å². The van der Waals surface area contributed by atoms with Crippen LogP contribution in [0.15, 0.2) is 30.0 Å². The minimum Gasteiger partial charge on any atom is -0.347 e. The molecule has 1 aliphatic carbocycles. The van der Waals surface area contributed by atoms with Crippen molar-refractivity contribution in [2.45, 2.75) is 25.9 Å². The smallest absolute Gasteiger partial charge is 0.266 e. The number of Topliss-reactive ketones (excluding diaryl/α,β-unsaturated/α-hetero) is 3. The summed E-state index contributed by atoms with van der Waals surface area (Å²) in [5.41, 5.74) is 3.14. The number of ketones is 3. The zero-order valence-corrected chi connectivity index (χ0v) is 13.1. The van der Waals surface area contributed by atoms with Crippen LogP contribution in [0.4, 0.5) is 5.69 Å². The molecule has 1 aromatic carbocycles. The summed E-state index contributed by atoms with van der Waals surface area (Å²) in [6, 6.07) is 5.67. The molecule has 1 N–H and O–H groups in total. The normalized spacial score (nSPS) is 21.8. The van der Waals surface area contributed by atoms with E-state index in [1.807, 2.05) is 44.0 Å². The molecular formula is C17H17NO5. The first-order valence-corrected chi connectivity index (χ1v) is 7.27. The number of hydrogen-bond acceptors (Lipinski definition) is 6. The molecule has 0 saturated heterocycles. The van der Waals surface area contributed by atoms with Crippen molar-refractivity contribution in [3.63, 3.8) is 0 Å².